The molecule has 0 aromatic carbocycles. The number of carbonyl (C=O) groups is 2. The highest BCUT2D eigenvalue weighted by molar-refractivity contribution is 6.09. The van der Waals surface area contributed by atoms with Gasteiger partial charge in [0.25, 0.3) is 0 Å². The first kappa shape index (κ1) is 12.1. The molecule has 0 spiro atoms. The van der Waals surface area contributed by atoms with Crippen LogP contribution in [0.2, 0.25) is 0 Å². The van der Waals surface area contributed by atoms with Crippen LogP contribution in [0.15, 0.2) is 18.3 Å². The first-order valence-electron chi connectivity index (χ1n) is 5.50. The van der Waals surface area contributed by atoms with Crippen LogP contribution in [0, 0.1) is 0 Å². The zero-order valence-corrected chi connectivity index (χ0v) is 10.1. The quantitative estimate of drug-likeness (QED) is 0.811. The number of rotatable bonds is 2. The molecule has 94 valence electrons. The van der Waals surface area contributed by atoms with E-state index in [1.54, 1.807) is 25.3 Å². The highest BCUT2D eigenvalue weighted by atomic mass is 16.5. The summed E-state index contributed by atoms with van der Waals surface area (Å²) in [5, 5.41) is 0. The molecule has 2 rings (SSSR count). The summed E-state index contributed by atoms with van der Waals surface area (Å²) in [5.41, 5.74) is 7.01. The second-order valence-electron chi connectivity index (χ2n) is 3.71. The summed E-state index contributed by atoms with van der Waals surface area (Å²) in [4.78, 5) is 27.6. The van der Waals surface area contributed by atoms with Gasteiger partial charge in [-0.25, -0.2) is 4.79 Å². The van der Waals surface area contributed by atoms with E-state index >= 15 is 0 Å². The predicted octanol–water partition coefficient (Wildman–Crippen LogP) is 1.46. The average Bonchev–Trinajstić information content (AvgIpc) is 2.64. The molecule has 0 amide bonds. The van der Waals surface area contributed by atoms with Gasteiger partial charge in [0.15, 0.2) is 5.69 Å². The van der Waals surface area contributed by atoms with Crippen LogP contribution in [0.5, 0.6) is 0 Å². The lowest BCUT2D eigenvalue weighted by molar-refractivity contribution is 0.0511. The van der Waals surface area contributed by atoms with Gasteiger partial charge in [-0.2, -0.15) is 0 Å². The Morgan fingerprint density at radius 2 is 2.22 bits per heavy atom. The summed E-state index contributed by atoms with van der Waals surface area (Å²) in [5.74, 6) is -0.934. The van der Waals surface area contributed by atoms with Crippen molar-refractivity contribution in [3.05, 3.63) is 24.0 Å². The van der Waals surface area contributed by atoms with Crippen molar-refractivity contribution in [3.8, 4) is 0 Å². The fourth-order valence-electron chi connectivity index (χ4n) is 1.87. The van der Waals surface area contributed by atoms with Gasteiger partial charge in [0.2, 0.25) is 5.91 Å². The molecule has 2 aromatic heterocycles. The van der Waals surface area contributed by atoms with Crippen molar-refractivity contribution in [2.75, 3.05) is 12.3 Å². The Bertz CT molecular complexity index is 631. The van der Waals surface area contributed by atoms with Crippen LogP contribution < -0.4 is 5.73 Å². The van der Waals surface area contributed by atoms with Gasteiger partial charge in [-0.15, -0.1) is 0 Å². The fraction of sp³-hybridized carbons (Fsp3) is 0.250. The Balaban J connectivity index is 2.78. The van der Waals surface area contributed by atoms with Crippen molar-refractivity contribution in [1.82, 2.24) is 9.55 Å². The van der Waals surface area contributed by atoms with Crippen LogP contribution in [0.1, 0.15) is 29.1 Å². The third kappa shape index (κ3) is 1.71. The van der Waals surface area contributed by atoms with E-state index in [0.717, 1.165) is 0 Å². The van der Waals surface area contributed by atoms with E-state index in [0.29, 0.717) is 11.0 Å². The molecule has 0 fully saturated rings. The maximum absolute atomic E-state index is 11.9. The predicted molar refractivity (Wildman–Crippen MR) is 66.4 cm³/mol. The van der Waals surface area contributed by atoms with Gasteiger partial charge in [-0.05, 0) is 19.1 Å². The first-order chi connectivity index (χ1) is 8.57. The summed E-state index contributed by atoms with van der Waals surface area (Å²) in [7, 11) is 0. The number of hydrogen-bond acceptors (Lipinski definition) is 5. The SMILES string of the molecule is CCOC(=O)c1c(N)c2ncccc2n1C(C)=O. The van der Waals surface area contributed by atoms with Crippen LogP contribution in [0.25, 0.3) is 11.0 Å². The molecule has 0 atom stereocenters. The van der Waals surface area contributed by atoms with Crippen molar-refractivity contribution in [3.63, 3.8) is 0 Å². The monoisotopic (exact) mass is 247 g/mol. The van der Waals surface area contributed by atoms with Gasteiger partial charge < -0.3 is 10.5 Å². The summed E-state index contributed by atoms with van der Waals surface area (Å²) in [6, 6.07) is 3.36. The molecule has 2 heterocycles. The van der Waals surface area contributed by atoms with E-state index in [1.807, 2.05) is 0 Å². The van der Waals surface area contributed by atoms with Crippen LogP contribution in [0.4, 0.5) is 5.69 Å². The number of esters is 1. The standard InChI is InChI=1S/C12H13N3O3/c1-3-18-12(17)11-9(13)10-8(5-4-6-14-10)15(11)7(2)16/h4-6H,3,13H2,1-2H3. The number of nitrogens with zero attached hydrogens (tertiary/aromatic N) is 2. The summed E-state index contributed by atoms with van der Waals surface area (Å²) < 4.78 is 6.14. The van der Waals surface area contributed by atoms with E-state index < -0.39 is 5.97 Å². The number of fused-ring (bicyclic) bond motifs is 1. The molecule has 0 aliphatic heterocycles. The van der Waals surface area contributed by atoms with Gasteiger partial charge in [0.05, 0.1) is 17.8 Å². The van der Waals surface area contributed by atoms with Gasteiger partial charge in [0.1, 0.15) is 5.52 Å². The van der Waals surface area contributed by atoms with E-state index in [4.69, 9.17) is 10.5 Å². The van der Waals surface area contributed by atoms with Crippen molar-refractivity contribution in [2.45, 2.75) is 13.8 Å². The molecular weight excluding hydrogens is 234 g/mol. The second-order valence-corrected chi connectivity index (χ2v) is 3.71. The number of ether oxygens (including phenoxy) is 1. The Kier molecular flexibility index (Phi) is 3.01. The number of pyridine rings is 1. The van der Waals surface area contributed by atoms with Crippen LogP contribution in [-0.2, 0) is 4.74 Å². The van der Waals surface area contributed by atoms with Crippen molar-refractivity contribution < 1.29 is 14.3 Å². The lowest BCUT2D eigenvalue weighted by atomic mass is 10.3. The third-order valence-electron chi connectivity index (χ3n) is 2.54. The van der Waals surface area contributed by atoms with Crippen LogP contribution >= 0.6 is 0 Å². The van der Waals surface area contributed by atoms with E-state index in [-0.39, 0.29) is 23.9 Å². The van der Waals surface area contributed by atoms with Crippen molar-refractivity contribution in [2.24, 2.45) is 0 Å². The van der Waals surface area contributed by atoms with Crippen molar-refractivity contribution >= 4 is 28.6 Å². The van der Waals surface area contributed by atoms with Gasteiger partial charge in [-0.3, -0.25) is 14.3 Å². The van der Waals surface area contributed by atoms with E-state index in [1.165, 1.54) is 11.5 Å². The molecular formula is C12H13N3O3. The molecule has 0 saturated carbocycles. The number of nitrogens with two attached hydrogens (primary N) is 1. The minimum absolute atomic E-state index is 0.0399. The molecule has 0 unspecified atom stereocenters. The molecule has 6 nitrogen and oxygen atoms in total. The van der Waals surface area contributed by atoms with E-state index in [2.05, 4.69) is 4.98 Å². The highest BCUT2D eigenvalue weighted by Gasteiger charge is 2.24. The van der Waals surface area contributed by atoms with Crippen LogP contribution in [0.3, 0.4) is 0 Å². The number of nitrogen functional groups attached to an aromatic ring is 1. The van der Waals surface area contributed by atoms with E-state index in [9.17, 15) is 9.59 Å². The highest BCUT2D eigenvalue weighted by Crippen LogP contribution is 2.27. The molecule has 0 saturated heterocycles. The minimum atomic E-state index is -0.622. The Morgan fingerprint density at radius 3 is 2.83 bits per heavy atom. The molecule has 2 N–H and O–H groups in total. The molecule has 0 aliphatic carbocycles. The normalized spacial score (nSPS) is 10.6. The summed E-state index contributed by atoms with van der Waals surface area (Å²) in [6.45, 7) is 3.26. The van der Waals surface area contributed by atoms with Crippen LogP contribution in [-0.4, -0.2) is 28.0 Å². The molecule has 0 bridgehead atoms. The zero-order valence-electron chi connectivity index (χ0n) is 10.1. The van der Waals surface area contributed by atoms with Crippen molar-refractivity contribution in [1.29, 1.82) is 0 Å². The lowest BCUT2D eigenvalue weighted by Crippen LogP contribution is -2.17. The van der Waals surface area contributed by atoms with Gasteiger partial charge >= 0.3 is 5.97 Å². The topological polar surface area (TPSA) is 87.2 Å². The average molecular weight is 247 g/mol. The minimum Gasteiger partial charge on any atom is -0.461 e. The zero-order chi connectivity index (χ0) is 13.3. The number of anilines is 1. The molecule has 6 heteroatoms. The Hall–Kier alpha value is -2.37. The lowest BCUT2D eigenvalue weighted by Gasteiger charge is -2.06. The van der Waals surface area contributed by atoms with Gasteiger partial charge in [0, 0.05) is 13.1 Å². The maximum atomic E-state index is 11.9. The Labute approximate surface area is 103 Å². The Morgan fingerprint density at radius 1 is 1.50 bits per heavy atom. The number of aromatic nitrogens is 2. The number of carbonyl (C=O) groups excluding carboxylic acids is 2. The first-order valence-corrected chi connectivity index (χ1v) is 5.50. The second kappa shape index (κ2) is 4.48. The molecule has 0 radical (unpaired) electrons. The maximum Gasteiger partial charge on any atom is 0.357 e. The fourth-order valence-corrected chi connectivity index (χ4v) is 1.87. The summed E-state index contributed by atoms with van der Waals surface area (Å²) in [6.07, 6.45) is 1.55. The third-order valence-corrected chi connectivity index (χ3v) is 2.54. The smallest absolute Gasteiger partial charge is 0.357 e. The largest absolute Gasteiger partial charge is 0.461 e. The summed E-state index contributed by atoms with van der Waals surface area (Å²) >= 11 is 0. The molecule has 0 aliphatic rings. The van der Waals surface area contributed by atoms with Gasteiger partial charge in [-0.1, -0.05) is 0 Å². The number of hydrogen-bond donors (Lipinski definition) is 1. The molecule has 2 aromatic rings. The molecule has 18 heavy (non-hydrogen) atoms.